The first-order chi connectivity index (χ1) is 53.0. The summed E-state index contributed by atoms with van der Waals surface area (Å²) in [5.74, 6) is -14.8. The van der Waals surface area contributed by atoms with Crippen LogP contribution in [0.25, 0.3) is 10.9 Å². The van der Waals surface area contributed by atoms with Gasteiger partial charge in [-0.3, -0.25) is 62.5 Å². The number of phenols is 2. The zero-order valence-corrected chi connectivity index (χ0v) is 65.8. The summed E-state index contributed by atoms with van der Waals surface area (Å²) in [5.41, 5.74) is 24.7. The summed E-state index contributed by atoms with van der Waals surface area (Å²) < 4.78 is 0. The number of amides is 11. The van der Waals surface area contributed by atoms with Gasteiger partial charge < -0.3 is 112 Å². The highest BCUT2D eigenvalue weighted by Gasteiger charge is 2.39. The smallest absolute Gasteiger partial charge is 0.326 e. The molecule has 0 aliphatic rings. The summed E-state index contributed by atoms with van der Waals surface area (Å²) in [6, 6.07) is 0.415. The number of H-pyrrole nitrogens is 1. The lowest BCUT2D eigenvalue weighted by Gasteiger charge is -2.29. The Morgan fingerprint density at radius 1 is 0.491 bits per heavy atom. The highest BCUT2D eigenvalue weighted by atomic mass is 32.2. The molecule has 13 atom stereocenters. The van der Waals surface area contributed by atoms with Crippen molar-refractivity contribution in [1.29, 1.82) is 0 Å². The summed E-state index contributed by atoms with van der Waals surface area (Å²) in [4.78, 5) is 190. The van der Waals surface area contributed by atoms with Crippen molar-refractivity contribution in [1.82, 2.24) is 63.5 Å². The van der Waals surface area contributed by atoms with Crippen molar-refractivity contribution in [2.75, 3.05) is 31.7 Å². The van der Waals surface area contributed by atoms with E-state index in [4.69, 9.17) is 22.9 Å². The molecule has 0 saturated heterocycles. The Morgan fingerprint density at radius 2 is 0.920 bits per heavy atom. The number of aromatic hydroxyl groups is 2. The Balaban J connectivity index is 1.69. The molecular weight excluding hydrogens is 1470 g/mol. The van der Waals surface area contributed by atoms with Crippen LogP contribution in [-0.2, 0) is 81.6 Å². The highest BCUT2D eigenvalue weighted by molar-refractivity contribution is 7.98. The van der Waals surface area contributed by atoms with Crippen LogP contribution in [0.2, 0.25) is 0 Å². The van der Waals surface area contributed by atoms with Gasteiger partial charge in [0.1, 0.15) is 78.0 Å². The molecule has 0 aliphatic heterocycles. The molecule has 36 heteroatoms. The van der Waals surface area contributed by atoms with Gasteiger partial charge in [-0.15, -0.1) is 0 Å². The maximum absolute atomic E-state index is 15.3. The zero-order valence-electron chi connectivity index (χ0n) is 65.0. The lowest BCUT2D eigenvalue weighted by atomic mass is 9.98. The van der Waals surface area contributed by atoms with E-state index in [9.17, 15) is 78.3 Å². The number of carbonyl (C=O) groups excluding carboxylic acids is 11. The Hall–Kier alpha value is -10.6. The number of aromatic nitrogens is 1. The summed E-state index contributed by atoms with van der Waals surface area (Å²) >= 11 is 1.38. The van der Waals surface area contributed by atoms with Crippen molar-refractivity contribution in [2.24, 2.45) is 51.6 Å². The average molecular weight is 1590 g/mol. The van der Waals surface area contributed by atoms with Gasteiger partial charge in [-0.1, -0.05) is 104 Å². The maximum atomic E-state index is 15.3. The van der Waals surface area contributed by atoms with Crippen LogP contribution in [0.15, 0.2) is 84.0 Å². The lowest BCUT2D eigenvalue weighted by Crippen LogP contribution is -2.62. The molecule has 0 radical (unpaired) electrons. The third-order valence-corrected chi connectivity index (χ3v) is 19.1. The first-order valence-electron chi connectivity index (χ1n) is 37.5. The van der Waals surface area contributed by atoms with Crippen molar-refractivity contribution in [3.05, 3.63) is 95.7 Å². The van der Waals surface area contributed by atoms with E-state index in [1.165, 1.54) is 60.3 Å². The number of rotatable bonds is 50. The molecule has 35 nitrogen and oxygen atoms in total. The van der Waals surface area contributed by atoms with E-state index in [2.05, 4.69) is 68.5 Å². The van der Waals surface area contributed by atoms with E-state index in [0.717, 1.165) is 0 Å². The topological polar surface area (TPSA) is 588 Å². The van der Waals surface area contributed by atoms with E-state index < -0.39 is 174 Å². The number of hydrogen-bond donors (Lipinski definition) is 21. The van der Waals surface area contributed by atoms with Gasteiger partial charge in [0.05, 0.1) is 19.1 Å². The van der Waals surface area contributed by atoms with Crippen LogP contribution in [0.1, 0.15) is 136 Å². The number of aliphatic imine (C=N–C) groups is 1. The van der Waals surface area contributed by atoms with E-state index in [1.807, 2.05) is 0 Å². The van der Waals surface area contributed by atoms with Crippen LogP contribution in [0.5, 0.6) is 11.5 Å². The maximum Gasteiger partial charge on any atom is 0.326 e. The number of carboxylic acids is 2. The number of aliphatic carboxylic acids is 2. The minimum atomic E-state index is -1.81. The number of phenolic OH excluding ortho intramolecular Hbond substituents is 2. The molecule has 1 aromatic heterocycles. The molecule has 0 bridgehead atoms. The van der Waals surface area contributed by atoms with Gasteiger partial charge in [0.25, 0.3) is 0 Å². The van der Waals surface area contributed by atoms with Crippen LogP contribution in [0.4, 0.5) is 0 Å². The fourth-order valence-electron chi connectivity index (χ4n) is 12.0. The Kier molecular flexibility index (Phi) is 39.8. The minimum absolute atomic E-state index is 0.0171. The van der Waals surface area contributed by atoms with Crippen LogP contribution < -0.4 is 81.4 Å². The van der Waals surface area contributed by atoms with Crippen LogP contribution in [0.3, 0.4) is 0 Å². The second kappa shape index (κ2) is 47.6. The van der Waals surface area contributed by atoms with Gasteiger partial charge in [-0.05, 0) is 141 Å². The monoisotopic (exact) mass is 1590 g/mol. The molecule has 0 fully saturated rings. The summed E-state index contributed by atoms with van der Waals surface area (Å²) in [7, 11) is 0. The lowest BCUT2D eigenvalue weighted by molar-refractivity contribution is -0.144. The largest absolute Gasteiger partial charge is 0.508 e. The Bertz CT molecular complexity index is 3820. The third kappa shape index (κ3) is 32.0. The first-order valence-corrected chi connectivity index (χ1v) is 38.9. The number of unbranched alkanes of at least 4 members (excludes halogenated alkanes) is 1. The van der Waals surface area contributed by atoms with Gasteiger partial charge >= 0.3 is 11.9 Å². The van der Waals surface area contributed by atoms with Gasteiger partial charge in [0.2, 0.25) is 65.0 Å². The SMILES string of the molecule is CC[C@H](C)[C@H](NC(=O)[C@H](CCSC)NC(=O)[C@H](CC(C)C)NC(=O)[C@H](CO)NC(=O)[C@@H](NC(=O)[C@H](CCCCN)NC(=O)[C@H](CC(C)C)NC(=O)[C@H](Cc1c[nH]c2ccccc12)NC(=O)[C@H](Cc1ccc(O)cc1)NC(=O)[C@H](Cc1ccc(O)cc1)NC(=O)[C@H](CC(=O)O)NC(=O)[C@@H](N)CCCN=C(N)N)C(C)C)C(=O)O. The highest BCUT2D eigenvalue weighted by Crippen LogP contribution is 2.22. The number of hydrogen-bond acceptors (Lipinski definition) is 20. The van der Waals surface area contributed by atoms with Crippen molar-refractivity contribution in [3.63, 3.8) is 0 Å². The van der Waals surface area contributed by atoms with E-state index >= 15 is 9.59 Å². The number of benzene rings is 3. The van der Waals surface area contributed by atoms with Gasteiger partial charge in [0.15, 0.2) is 5.96 Å². The van der Waals surface area contributed by atoms with E-state index in [1.54, 1.807) is 92.1 Å². The Morgan fingerprint density at radius 3 is 1.38 bits per heavy atom. The number of fused-ring (bicyclic) bond motifs is 1. The molecule has 0 saturated carbocycles. The molecule has 0 spiro atoms. The average Bonchev–Trinajstić information content (AvgIpc) is 1.82. The molecule has 3 aromatic carbocycles. The quantitative estimate of drug-likeness (QED) is 0.0151. The molecule has 618 valence electrons. The summed E-state index contributed by atoms with van der Waals surface area (Å²) in [6.07, 6.45) is 2.85. The predicted molar refractivity (Wildman–Crippen MR) is 421 cm³/mol. The van der Waals surface area contributed by atoms with Crippen LogP contribution in [0, 0.1) is 23.7 Å². The molecule has 112 heavy (non-hydrogen) atoms. The fraction of sp³-hybridized carbons (Fsp3) is 0.553. The van der Waals surface area contributed by atoms with Crippen molar-refractivity contribution in [3.8, 4) is 11.5 Å². The fourth-order valence-corrected chi connectivity index (χ4v) is 12.4. The van der Waals surface area contributed by atoms with Crippen molar-refractivity contribution < 1.29 is 87.9 Å². The Labute approximate surface area is 655 Å². The van der Waals surface area contributed by atoms with Gasteiger partial charge in [0, 0.05) is 42.9 Å². The minimum Gasteiger partial charge on any atom is -0.508 e. The number of para-hydroxylation sites is 1. The zero-order chi connectivity index (χ0) is 83.5. The molecule has 0 aliphatic carbocycles. The number of guanidine groups is 1. The molecule has 25 N–H and O–H groups in total. The number of carbonyl (C=O) groups is 13. The molecule has 11 amide bonds. The standard InChI is InChI=1S/C76H115N17O18S/c1-10-43(8)63(75(110)111)93-66(101)53(28-31-112-9)84-68(103)55(33-41(4)5)87-73(108)60(39-94)91-74(109)62(42(6)7)92-65(100)52(19-13-14-29-77)83-67(102)54(32-40(2)3)86-71(106)58(36-46-38-82-51-18-12-11-16-49(46)51)90-70(105)57(35-45-22-26-48(96)27-23-45)88-69(104)56(34-44-20-24-47(95)25-21-44)89-72(107)59(37-61(97)98)85-64(99)50(78)17-15-30-81-76(79)80/h11-12,16,18,20-27,38,40-43,50,52-60,62-63,82,94-96H,10,13-15,17,19,28-37,39,77-78H2,1-9H3,(H,83,102)(H,84,103)(H,85,99)(H,86,106)(H,87,108)(H,88,104)(H,89,107)(H,90,105)(H,91,109)(H,92,100)(H,93,101)(H,97,98)(H,110,111)(H4,79,80,81)/t43-,50-,52-,53-,54-,55-,56-,57-,58-,59-,60-,62-,63-/m0/s1. The van der Waals surface area contributed by atoms with Crippen LogP contribution in [-0.4, -0.2) is 218 Å². The number of thioether (sulfide) groups is 1. The predicted octanol–water partition coefficient (Wildman–Crippen LogP) is -0.451. The first kappa shape index (κ1) is 93.8. The number of nitrogens with one attached hydrogen (secondary N) is 12. The van der Waals surface area contributed by atoms with E-state index in [0.29, 0.717) is 46.2 Å². The molecule has 4 aromatic rings. The normalized spacial score (nSPS) is 14.8. The summed E-state index contributed by atoms with van der Waals surface area (Å²) in [6.45, 7) is 13.0. The number of nitrogens with two attached hydrogens (primary N) is 4. The van der Waals surface area contributed by atoms with Gasteiger partial charge in [-0.2, -0.15) is 11.8 Å². The molecule has 1 heterocycles. The number of aromatic amines is 1. The van der Waals surface area contributed by atoms with Gasteiger partial charge in [-0.25, -0.2) is 4.79 Å². The van der Waals surface area contributed by atoms with Crippen molar-refractivity contribution >= 4 is 106 Å². The second-order valence-electron chi connectivity index (χ2n) is 29.0. The van der Waals surface area contributed by atoms with E-state index in [-0.39, 0.29) is 107 Å². The van der Waals surface area contributed by atoms with Crippen molar-refractivity contribution in [2.45, 2.75) is 211 Å². The molecular formula is C76H115N17O18S. The number of nitrogens with zero attached hydrogens (tertiary/aromatic N) is 1. The number of aliphatic hydroxyl groups excluding tert-OH is 1. The number of aliphatic hydroxyl groups is 1. The number of carboxylic acid groups (broad SMARTS) is 2. The second-order valence-corrected chi connectivity index (χ2v) is 29.9. The summed E-state index contributed by atoms with van der Waals surface area (Å²) in [5, 5.41) is 80.2. The molecule has 4 rings (SSSR count). The van der Waals surface area contributed by atoms with Crippen LogP contribution >= 0.6 is 11.8 Å². The molecule has 0 unspecified atom stereocenters. The third-order valence-electron chi connectivity index (χ3n) is 18.4.